The molecule has 0 unspecified atom stereocenters. The quantitative estimate of drug-likeness (QED) is 0.744. The zero-order chi connectivity index (χ0) is 11.5. The van der Waals surface area contributed by atoms with Crippen molar-refractivity contribution in [3.63, 3.8) is 0 Å². The Morgan fingerprint density at radius 1 is 1.19 bits per heavy atom. The van der Waals surface area contributed by atoms with Crippen molar-refractivity contribution in [3.8, 4) is 0 Å². The highest BCUT2D eigenvalue weighted by molar-refractivity contribution is 9.10. The molecule has 0 aliphatic rings. The fourth-order valence-corrected chi connectivity index (χ4v) is 2.64. The molecule has 0 aliphatic carbocycles. The van der Waals surface area contributed by atoms with Gasteiger partial charge in [-0.3, -0.25) is 0 Å². The summed E-state index contributed by atoms with van der Waals surface area (Å²) < 4.78 is 0.853. The summed E-state index contributed by atoms with van der Waals surface area (Å²) in [6, 6.07) is 5.47. The minimum atomic E-state index is 0.539. The fourth-order valence-electron chi connectivity index (χ4n) is 1.03. The SMILES string of the molecule is Clc1ccc(Sc2ncncc2Br)cc1Cl. The molecule has 0 saturated heterocycles. The lowest BCUT2D eigenvalue weighted by molar-refractivity contribution is 1.02. The fraction of sp³-hybridized carbons (Fsp3) is 0. The van der Waals surface area contributed by atoms with E-state index in [1.54, 1.807) is 12.3 Å². The monoisotopic (exact) mass is 334 g/mol. The largest absolute Gasteiger partial charge is 0.244 e. The van der Waals surface area contributed by atoms with Crippen LogP contribution < -0.4 is 0 Å². The molecule has 2 aromatic rings. The molecule has 0 saturated carbocycles. The van der Waals surface area contributed by atoms with Crippen LogP contribution in [0.25, 0.3) is 0 Å². The molecule has 0 amide bonds. The van der Waals surface area contributed by atoms with Gasteiger partial charge >= 0.3 is 0 Å². The third kappa shape index (κ3) is 2.88. The predicted octanol–water partition coefficient (Wildman–Crippen LogP) is 4.70. The van der Waals surface area contributed by atoms with Gasteiger partial charge in [0.1, 0.15) is 11.4 Å². The molecule has 1 heterocycles. The Morgan fingerprint density at radius 2 is 2.00 bits per heavy atom. The molecule has 0 spiro atoms. The minimum absolute atomic E-state index is 0.539. The van der Waals surface area contributed by atoms with Gasteiger partial charge in [-0.1, -0.05) is 35.0 Å². The second kappa shape index (κ2) is 5.36. The van der Waals surface area contributed by atoms with Crippen LogP contribution in [-0.4, -0.2) is 9.97 Å². The van der Waals surface area contributed by atoms with Gasteiger partial charge in [0.15, 0.2) is 0 Å². The Kier molecular flexibility index (Phi) is 4.08. The molecular formula is C10H5BrCl2N2S. The lowest BCUT2D eigenvalue weighted by Crippen LogP contribution is -1.83. The Labute approximate surface area is 116 Å². The van der Waals surface area contributed by atoms with Crippen molar-refractivity contribution in [3.05, 3.63) is 45.2 Å². The van der Waals surface area contributed by atoms with Crippen LogP contribution in [0.3, 0.4) is 0 Å². The van der Waals surface area contributed by atoms with Gasteiger partial charge in [0.2, 0.25) is 0 Å². The molecule has 0 bridgehead atoms. The maximum absolute atomic E-state index is 5.93. The van der Waals surface area contributed by atoms with Crippen molar-refractivity contribution < 1.29 is 0 Å². The van der Waals surface area contributed by atoms with Crippen molar-refractivity contribution in [2.24, 2.45) is 0 Å². The van der Waals surface area contributed by atoms with Gasteiger partial charge in [0.05, 0.1) is 14.5 Å². The molecule has 0 radical (unpaired) electrons. The van der Waals surface area contributed by atoms with E-state index < -0.39 is 0 Å². The molecule has 0 atom stereocenters. The van der Waals surface area contributed by atoms with E-state index in [0.717, 1.165) is 14.4 Å². The second-order valence-electron chi connectivity index (χ2n) is 2.85. The average Bonchev–Trinajstić information content (AvgIpc) is 2.27. The molecule has 0 N–H and O–H groups in total. The number of hydrogen-bond donors (Lipinski definition) is 0. The lowest BCUT2D eigenvalue weighted by atomic mass is 10.4. The van der Waals surface area contributed by atoms with Crippen molar-refractivity contribution >= 4 is 50.9 Å². The van der Waals surface area contributed by atoms with Crippen LogP contribution in [0.2, 0.25) is 10.0 Å². The number of hydrogen-bond acceptors (Lipinski definition) is 3. The van der Waals surface area contributed by atoms with Gasteiger partial charge in [0, 0.05) is 11.1 Å². The van der Waals surface area contributed by atoms with E-state index in [2.05, 4.69) is 25.9 Å². The molecule has 1 aromatic carbocycles. The summed E-state index contributed by atoms with van der Waals surface area (Å²) in [5.41, 5.74) is 0. The van der Waals surface area contributed by atoms with Crippen LogP contribution in [0.4, 0.5) is 0 Å². The van der Waals surface area contributed by atoms with Crippen molar-refractivity contribution in [2.45, 2.75) is 9.92 Å². The molecule has 0 aliphatic heterocycles. The number of halogens is 3. The first-order valence-corrected chi connectivity index (χ1v) is 6.62. The van der Waals surface area contributed by atoms with Crippen LogP contribution >= 0.6 is 50.9 Å². The summed E-state index contributed by atoms with van der Waals surface area (Å²) in [6.45, 7) is 0. The summed E-state index contributed by atoms with van der Waals surface area (Å²) >= 11 is 16.6. The number of aromatic nitrogens is 2. The van der Waals surface area contributed by atoms with Crippen molar-refractivity contribution in [2.75, 3.05) is 0 Å². The van der Waals surface area contributed by atoms with Crippen LogP contribution in [0.1, 0.15) is 0 Å². The van der Waals surface area contributed by atoms with E-state index in [1.165, 1.54) is 18.1 Å². The highest BCUT2D eigenvalue weighted by Crippen LogP contribution is 2.34. The number of nitrogens with zero attached hydrogens (tertiary/aromatic N) is 2. The van der Waals surface area contributed by atoms with Gasteiger partial charge in [-0.25, -0.2) is 9.97 Å². The molecule has 2 rings (SSSR count). The van der Waals surface area contributed by atoms with E-state index in [-0.39, 0.29) is 0 Å². The third-order valence-electron chi connectivity index (χ3n) is 1.74. The van der Waals surface area contributed by atoms with Crippen LogP contribution in [0.5, 0.6) is 0 Å². The first-order valence-electron chi connectivity index (χ1n) is 4.25. The van der Waals surface area contributed by atoms with Gasteiger partial charge in [-0.15, -0.1) is 0 Å². The van der Waals surface area contributed by atoms with Crippen LogP contribution in [-0.2, 0) is 0 Å². The van der Waals surface area contributed by atoms with E-state index >= 15 is 0 Å². The zero-order valence-corrected chi connectivity index (χ0v) is 11.7. The lowest BCUT2D eigenvalue weighted by Gasteiger charge is -2.03. The van der Waals surface area contributed by atoms with E-state index in [9.17, 15) is 0 Å². The summed E-state index contributed by atoms with van der Waals surface area (Å²) in [5, 5.41) is 1.93. The molecule has 0 fully saturated rings. The molecule has 1 aromatic heterocycles. The van der Waals surface area contributed by atoms with E-state index in [0.29, 0.717) is 10.0 Å². The van der Waals surface area contributed by atoms with Gasteiger partial charge in [-0.2, -0.15) is 0 Å². The highest BCUT2D eigenvalue weighted by atomic mass is 79.9. The van der Waals surface area contributed by atoms with Crippen molar-refractivity contribution in [1.29, 1.82) is 0 Å². The summed E-state index contributed by atoms with van der Waals surface area (Å²) in [4.78, 5) is 9.03. The first kappa shape index (κ1) is 12.2. The Bertz CT molecular complexity index is 522. The molecule has 16 heavy (non-hydrogen) atoms. The van der Waals surface area contributed by atoms with Crippen LogP contribution in [0.15, 0.2) is 45.1 Å². The summed E-state index contributed by atoms with van der Waals surface area (Å²) in [6.07, 6.45) is 3.21. The third-order valence-corrected chi connectivity index (χ3v) is 4.33. The molecule has 2 nitrogen and oxygen atoms in total. The Hall–Kier alpha value is -0.290. The molecule has 82 valence electrons. The van der Waals surface area contributed by atoms with E-state index in [4.69, 9.17) is 23.2 Å². The maximum Gasteiger partial charge on any atom is 0.118 e. The molecular weight excluding hydrogens is 331 g/mol. The zero-order valence-electron chi connectivity index (χ0n) is 7.82. The minimum Gasteiger partial charge on any atom is -0.244 e. The van der Waals surface area contributed by atoms with Gasteiger partial charge < -0.3 is 0 Å². The second-order valence-corrected chi connectivity index (χ2v) is 5.58. The smallest absolute Gasteiger partial charge is 0.118 e. The van der Waals surface area contributed by atoms with Gasteiger partial charge in [-0.05, 0) is 34.1 Å². The highest BCUT2D eigenvalue weighted by Gasteiger charge is 2.05. The summed E-state index contributed by atoms with van der Waals surface area (Å²) in [5.74, 6) is 0. The molecule has 6 heteroatoms. The topological polar surface area (TPSA) is 25.8 Å². The summed E-state index contributed by atoms with van der Waals surface area (Å²) in [7, 11) is 0. The van der Waals surface area contributed by atoms with Gasteiger partial charge in [0.25, 0.3) is 0 Å². The van der Waals surface area contributed by atoms with Crippen molar-refractivity contribution in [1.82, 2.24) is 9.97 Å². The normalized spacial score (nSPS) is 10.4. The Balaban J connectivity index is 2.28. The maximum atomic E-state index is 5.93. The number of rotatable bonds is 2. The average molecular weight is 336 g/mol. The predicted molar refractivity (Wildman–Crippen MR) is 70.3 cm³/mol. The standard InChI is InChI=1S/C10H5BrCl2N2S/c11-7-4-14-5-15-10(7)16-6-1-2-8(12)9(13)3-6/h1-5H. The van der Waals surface area contributed by atoms with Crippen LogP contribution in [0, 0.1) is 0 Å². The first-order chi connectivity index (χ1) is 7.66. The number of benzene rings is 1. The van der Waals surface area contributed by atoms with E-state index in [1.807, 2.05) is 12.1 Å². The Morgan fingerprint density at radius 3 is 2.69 bits per heavy atom.